The summed E-state index contributed by atoms with van der Waals surface area (Å²) in [6, 6.07) is 6.08. The summed E-state index contributed by atoms with van der Waals surface area (Å²) < 4.78 is 23.9. The molecule has 2 aromatic rings. The lowest BCUT2D eigenvalue weighted by Crippen LogP contribution is -2.17. The number of ether oxygens (including phenoxy) is 1. The van der Waals surface area contributed by atoms with Crippen molar-refractivity contribution in [3.63, 3.8) is 0 Å². The number of hydrogen-bond acceptors (Lipinski definition) is 6. The number of carbonyl (C=O) groups excluding carboxylic acids is 3. The zero-order chi connectivity index (χ0) is 19.3. The van der Waals surface area contributed by atoms with E-state index in [9.17, 15) is 18.8 Å². The van der Waals surface area contributed by atoms with Gasteiger partial charge in [0.2, 0.25) is 11.8 Å². The topological polar surface area (TPSA) is 85.6 Å². The highest BCUT2D eigenvalue weighted by Crippen LogP contribution is 2.29. The number of rotatable bonds is 7. The van der Waals surface area contributed by atoms with Crippen LogP contribution in [0, 0.1) is 12.7 Å². The molecule has 0 atom stereocenters. The molecule has 0 saturated heterocycles. The first-order valence-corrected chi connectivity index (χ1v) is 8.82. The van der Waals surface area contributed by atoms with Crippen LogP contribution in [0.15, 0.2) is 33.6 Å². The summed E-state index contributed by atoms with van der Waals surface area (Å²) in [5.74, 6) is -2.11. The molecule has 0 bridgehead atoms. The number of amides is 1. The maximum absolute atomic E-state index is 13.6. The molecule has 0 aliphatic carbocycles. The largest absolute Gasteiger partial charge is 0.462 e. The minimum Gasteiger partial charge on any atom is -0.462 e. The van der Waals surface area contributed by atoms with E-state index in [1.807, 2.05) is 0 Å². The standard InChI is InChI=1S/C18H18FNO5S/c1-4-24-18(23)16-15(10(2)21)11(3)25-17(16)20-14(22)9-26-13-8-6-5-7-12(13)19/h5-8H,4,9H2,1-3H3,(H,20,22). The van der Waals surface area contributed by atoms with Gasteiger partial charge in [0.1, 0.15) is 17.1 Å². The third kappa shape index (κ3) is 4.51. The molecule has 2 rings (SSSR count). The van der Waals surface area contributed by atoms with Gasteiger partial charge in [-0.1, -0.05) is 12.1 Å². The van der Waals surface area contributed by atoms with E-state index in [0.29, 0.717) is 4.90 Å². The molecule has 0 radical (unpaired) electrons. The number of ketones is 1. The van der Waals surface area contributed by atoms with Crippen molar-refractivity contribution in [1.29, 1.82) is 0 Å². The van der Waals surface area contributed by atoms with Crippen molar-refractivity contribution in [2.24, 2.45) is 0 Å². The van der Waals surface area contributed by atoms with Crippen molar-refractivity contribution in [2.45, 2.75) is 25.7 Å². The maximum atomic E-state index is 13.6. The molecule has 0 aliphatic heterocycles. The first-order chi connectivity index (χ1) is 12.3. The predicted octanol–water partition coefficient (Wildman–Crippen LogP) is 3.84. The van der Waals surface area contributed by atoms with E-state index < -0.39 is 17.7 Å². The number of benzene rings is 1. The van der Waals surface area contributed by atoms with Crippen molar-refractivity contribution in [3.8, 4) is 0 Å². The summed E-state index contributed by atoms with van der Waals surface area (Å²) in [4.78, 5) is 36.5. The second-order valence-corrected chi connectivity index (χ2v) is 6.30. The Balaban J connectivity index is 2.19. The molecule has 0 unspecified atom stereocenters. The fourth-order valence-electron chi connectivity index (χ4n) is 2.32. The van der Waals surface area contributed by atoms with Gasteiger partial charge >= 0.3 is 5.97 Å². The van der Waals surface area contributed by atoms with Gasteiger partial charge in [-0.05, 0) is 32.9 Å². The van der Waals surface area contributed by atoms with Crippen LogP contribution in [0.25, 0.3) is 0 Å². The SMILES string of the molecule is CCOC(=O)c1c(NC(=O)CSc2ccccc2F)oc(C)c1C(C)=O. The second-order valence-electron chi connectivity index (χ2n) is 5.28. The summed E-state index contributed by atoms with van der Waals surface area (Å²) >= 11 is 1.00. The van der Waals surface area contributed by atoms with Crippen molar-refractivity contribution in [1.82, 2.24) is 0 Å². The molecule has 1 aromatic carbocycles. The average molecular weight is 379 g/mol. The number of hydrogen-bond donors (Lipinski definition) is 1. The van der Waals surface area contributed by atoms with E-state index in [-0.39, 0.29) is 40.9 Å². The molecule has 0 aliphatic rings. The number of carbonyl (C=O) groups is 3. The van der Waals surface area contributed by atoms with E-state index in [0.717, 1.165) is 11.8 Å². The lowest BCUT2D eigenvalue weighted by Gasteiger charge is -2.06. The fraction of sp³-hybridized carbons (Fsp3) is 0.278. The lowest BCUT2D eigenvalue weighted by molar-refractivity contribution is -0.113. The Morgan fingerprint density at radius 1 is 1.23 bits per heavy atom. The van der Waals surface area contributed by atoms with E-state index >= 15 is 0 Å². The summed E-state index contributed by atoms with van der Waals surface area (Å²) in [6.07, 6.45) is 0. The van der Waals surface area contributed by atoms with Gasteiger partial charge in [0.25, 0.3) is 0 Å². The van der Waals surface area contributed by atoms with Gasteiger partial charge in [-0.25, -0.2) is 9.18 Å². The second kappa shape index (κ2) is 8.66. The van der Waals surface area contributed by atoms with Crippen LogP contribution < -0.4 is 5.32 Å². The molecule has 0 spiro atoms. The lowest BCUT2D eigenvalue weighted by atomic mass is 10.1. The van der Waals surface area contributed by atoms with Crippen LogP contribution in [0.5, 0.6) is 0 Å². The summed E-state index contributed by atoms with van der Waals surface area (Å²) in [5, 5.41) is 2.45. The molecule has 0 fully saturated rings. The quantitative estimate of drug-likeness (QED) is 0.447. The fourth-order valence-corrected chi connectivity index (χ4v) is 3.06. The number of nitrogens with one attached hydrogen (secondary N) is 1. The van der Waals surface area contributed by atoms with Gasteiger partial charge in [0.15, 0.2) is 5.78 Å². The number of Topliss-reactive ketones (excluding diaryl/α,β-unsaturated/α-hetero) is 1. The molecule has 8 heteroatoms. The minimum atomic E-state index is -0.758. The van der Waals surface area contributed by atoms with Crippen LogP contribution in [0.2, 0.25) is 0 Å². The van der Waals surface area contributed by atoms with Gasteiger partial charge in [0, 0.05) is 4.90 Å². The molecule has 0 saturated carbocycles. The first kappa shape index (κ1) is 19.7. The highest BCUT2D eigenvalue weighted by molar-refractivity contribution is 8.00. The molecule has 138 valence electrons. The van der Waals surface area contributed by atoms with E-state index in [2.05, 4.69) is 5.32 Å². The van der Waals surface area contributed by atoms with Crippen molar-refractivity contribution >= 4 is 35.3 Å². The van der Waals surface area contributed by atoms with Crippen LogP contribution in [0.3, 0.4) is 0 Å². The molecule has 1 amide bonds. The number of anilines is 1. The zero-order valence-corrected chi connectivity index (χ0v) is 15.4. The van der Waals surface area contributed by atoms with Crippen molar-refractivity contribution in [2.75, 3.05) is 17.7 Å². The Morgan fingerprint density at radius 3 is 2.54 bits per heavy atom. The Morgan fingerprint density at radius 2 is 1.92 bits per heavy atom. The van der Waals surface area contributed by atoms with Gasteiger partial charge in [-0.3, -0.25) is 14.9 Å². The number of esters is 1. The van der Waals surface area contributed by atoms with Gasteiger partial charge in [-0.2, -0.15) is 0 Å². The van der Waals surface area contributed by atoms with Gasteiger partial charge in [0.05, 0.1) is 17.9 Å². The van der Waals surface area contributed by atoms with Crippen molar-refractivity contribution in [3.05, 3.63) is 47.0 Å². The summed E-state index contributed by atoms with van der Waals surface area (Å²) in [5.41, 5.74) is -0.0402. The van der Waals surface area contributed by atoms with Crippen molar-refractivity contribution < 1.29 is 27.9 Å². The normalized spacial score (nSPS) is 10.5. The number of thioether (sulfide) groups is 1. The first-order valence-electron chi connectivity index (χ1n) is 7.83. The smallest absolute Gasteiger partial charge is 0.344 e. The molecule has 26 heavy (non-hydrogen) atoms. The Kier molecular flexibility index (Phi) is 6.57. The molecule has 1 aromatic heterocycles. The van der Waals surface area contributed by atoms with Crippen LogP contribution >= 0.6 is 11.8 Å². The van der Waals surface area contributed by atoms with Gasteiger partial charge < -0.3 is 9.15 Å². The minimum absolute atomic E-state index is 0.0699. The number of halogens is 1. The molecule has 1 N–H and O–H groups in total. The zero-order valence-electron chi connectivity index (χ0n) is 14.6. The summed E-state index contributed by atoms with van der Waals surface area (Å²) in [6.45, 7) is 4.54. The Bertz CT molecular complexity index is 846. The monoisotopic (exact) mass is 379 g/mol. The van der Waals surface area contributed by atoms with Crippen LogP contribution in [0.4, 0.5) is 10.3 Å². The van der Waals surface area contributed by atoms with E-state index in [1.54, 1.807) is 25.1 Å². The molecular formula is C18H18FNO5S. The molecule has 1 heterocycles. The van der Waals surface area contributed by atoms with Crippen LogP contribution in [0.1, 0.15) is 40.3 Å². The third-order valence-corrected chi connectivity index (χ3v) is 4.41. The maximum Gasteiger partial charge on any atom is 0.344 e. The highest BCUT2D eigenvalue weighted by Gasteiger charge is 2.28. The van der Waals surface area contributed by atoms with E-state index in [1.165, 1.54) is 19.9 Å². The average Bonchev–Trinajstić information content (AvgIpc) is 2.90. The summed E-state index contributed by atoms with van der Waals surface area (Å²) in [7, 11) is 0. The number of aryl methyl sites for hydroxylation is 1. The molecular weight excluding hydrogens is 361 g/mol. The Labute approximate surface area is 154 Å². The van der Waals surface area contributed by atoms with Crippen LogP contribution in [-0.4, -0.2) is 30.0 Å². The third-order valence-electron chi connectivity index (χ3n) is 3.36. The van der Waals surface area contributed by atoms with E-state index in [4.69, 9.17) is 9.15 Å². The number of furan rings is 1. The van der Waals surface area contributed by atoms with Gasteiger partial charge in [-0.15, -0.1) is 11.8 Å². The highest BCUT2D eigenvalue weighted by atomic mass is 32.2. The molecule has 6 nitrogen and oxygen atoms in total. The van der Waals surface area contributed by atoms with Crippen LogP contribution in [-0.2, 0) is 9.53 Å². The predicted molar refractivity (Wildman–Crippen MR) is 95.2 cm³/mol. The Hall–Kier alpha value is -2.61.